The summed E-state index contributed by atoms with van der Waals surface area (Å²) in [7, 11) is 0. The Bertz CT molecular complexity index is 1510. The minimum absolute atomic E-state index is 0.0103. The zero-order chi connectivity index (χ0) is 26.8. The summed E-state index contributed by atoms with van der Waals surface area (Å²) in [5.74, 6) is 0.0194. The van der Waals surface area contributed by atoms with Crippen LogP contribution in [-0.4, -0.2) is 62.4 Å². The van der Waals surface area contributed by atoms with Gasteiger partial charge in [0.2, 0.25) is 0 Å². The number of halogens is 1. The van der Waals surface area contributed by atoms with Crippen molar-refractivity contribution in [3.8, 4) is 23.1 Å². The third kappa shape index (κ3) is 4.73. The predicted octanol–water partition coefficient (Wildman–Crippen LogP) is 2.88. The zero-order valence-electron chi connectivity index (χ0n) is 20.9. The molecule has 1 aliphatic rings. The van der Waals surface area contributed by atoms with Crippen molar-refractivity contribution >= 4 is 17.2 Å². The first-order valence-electron chi connectivity index (χ1n) is 12.2. The highest BCUT2D eigenvalue weighted by Gasteiger charge is 2.31. The van der Waals surface area contributed by atoms with Crippen molar-refractivity contribution in [3.63, 3.8) is 0 Å². The molecule has 4 heterocycles. The number of ether oxygens (including phenoxy) is 1. The molecule has 4 aromatic rings. The summed E-state index contributed by atoms with van der Waals surface area (Å²) in [6, 6.07) is 7.91. The molecule has 3 aromatic heterocycles. The molecule has 10 nitrogen and oxygen atoms in total. The molecule has 0 radical (unpaired) electrons. The standard InChI is InChI=1S/C27H26FN7O3/c1-3-38-18-9-19(26-17(10-29)11-32-35(26)14-18)22-12-31-24(13-30-22)34-8-7-21(23(36)15-34)33-27(37)25-16(2)5-4-6-20(25)28/h4-6,9,11-14,21,23,36H,3,7-8,15H2,1-2H3,(H,33,37)/t21-,23-/m0/s1. The van der Waals surface area contributed by atoms with E-state index in [4.69, 9.17) is 4.74 Å². The second-order valence-corrected chi connectivity index (χ2v) is 9.06. The highest BCUT2D eigenvalue weighted by Crippen LogP contribution is 2.30. The zero-order valence-corrected chi connectivity index (χ0v) is 20.9. The van der Waals surface area contributed by atoms with Crippen LogP contribution in [-0.2, 0) is 0 Å². The first-order valence-corrected chi connectivity index (χ1v) is 12.2. The Kier molecular flexibility index (Phi) is 6.89. The number of hydrogen-bond acceptors (Lipinski definition) is 8. The van der Waals surface area contributed by atoms with E-state index in [1.165, 1.54) is 12.3 Å². The number of hydrogen-bond donors (Lipinski definition) is 2. The second kappa shape index (κ2) is 10.4. The number of β-amino-alcohol motifs (C(OH)–C–C–N with tert-alkyl or cyclic N) is 1. The summed E-state index contributed by atoms with van der Waals surface area (Å²) in [5.41, 5.74) is 2.74. The molecule has 2 atom stereocenters. The van der Waals surface area contributed by atoms with Gasteiger partial charge in [-0.2, -0.15) is 10.4 Å². The fourth-order valence-electron chi connectivity index (χ4n) is 4.71. The average Bonchev–Trinajstić information content (AvgIpc) is 3.33. The van der Waals surface area contributed by atoms with Crippen LogP contribution in [0.4, 0.5) is 10.2 Å². The lowest BCUT2D eigenvalue weighted by Crippen LogP contribution is -2.54. The van der Waals surface area contributed by atoms with Crippen molar-refractivity contribution in [1.82, 2.24) is 24.9 Å². The Labute approximate surface area is 218 Å². The molecule has 0 aliphatic carbocycles. The van der Waals surface area contributed by atoms with Crippen LogP contribution in [0.15, 0.2) is 49.1 Å². The number of anilines is 1. The molecule has 194 valence electrons. The maximum absolute atomic E-state index is 14.2. The number of aromatic nitrogens is 4. The molecule has 1 amide bonds. The molecule has 11 heteroatoms. The van der Waals surface area contributed by atoms with Crippen molar-refractivity contribution in [2.45, 2.75) is 32.4 Å². The number of pyridine rings is 1. The van der Waals surface area contributed by atoms with Crippen LogP contribution in [0.25, 0.3) is 16.8 Å². The molecule has 2 N–H and O–H groups in total. The van der Waals surface area contributed by atoms with Crippen LogP contribution in [0, 0.1) is 24.1 Å². The van der Waals surface area contributed by atoms with E-state index >= 15 is 0 Å². The molecule has 1 aromatic carbocycles. The molecule has 0 saturated carbocycles. The van der Waals surface area contributed by atoms with Crippen LogP contribution in [0.5, 0.6) is 5.75 Å². The van der Waals surface area contributed by atoms with E-state index in [1.54, 1.807) is 48.2 Å². The lowest BCUT2D eigenvalue weighted by atomic mass is 10.0. The van der Waals surface area contributed by atoms with Gasteiger partial charge in [-0.25, -0.2) is 13.9 Å². The third-order valence-electron chi connectivity index (χ3n) is 6.60. The Balaban J connectivity index is 1.32. The maximum Gasteiger partial charge on any atom is 0.254 e. The highest BCUT2D eigenvalue weighted by atomic mass is 19.1. The first-order chi connectivity index (χ1) is 18.4. The lowest BCUT2D eigenvalue weighted by molar-refractivity contribution is 0.0793. The van der Waals surface area contributed by atoms with Crippen LogP contribution in [0.2, 0.25) is 0 Å². The van der Waals surface area contributed by atoms with Crippen LogP contribution in [0.3, 0.4) is 0 Å². The molecule has 1 aliphatic heterocycles. The van der Waals surface area contributed by atoms with Crippen LogP contribution < -0.4 is 15.0 Å². The molecule has 38 heavy (non-hydrogen) atoms. The van der Waals surface area contributed by atoms with E-state index in [1.807, 2.05) is 11.8 Å². The fraction of sp³-hybridized carbons (Fsp3) is 0.296. The predicted molar refractivity (Wildman–Crippen MR) is 137 cm³/mol. The van der Waals surface area contributed by atoms with Gasteiger partial charge in [-0.3, -0.25) is 9.78 Å². The van der Waals surface area contributed by atoms with E-state index in [0.717, 1.165) is 0 Å². The summed E-state index contributed by atoms with van der Waals surface area (Å²) in [6.07, 6.45) is 5.99. The Morgan fingerprint density at radius 3 is 2.84 bits per heavy atom. The molecule has 5 rings (SSSR count). The Hall–Kier alpha value is -4.56. The molecule has 1 saturated heterocycles. The largest absolute Gasteiger partial charge is 0.492 e. The number of amides is 1. The summed E-state index contributed by atoms with van der Waals surface area (Å²) >= 11 is 0. The highest BCUT2D eigenvalue weighted by molar-refractivity contribution is 5.96. The fourth-order valence-corrected chi connectivity index (χ4v) is 4.71. The smallest absolute Gasteiger partial charge is 0.254 e. The van der Waals surface area contributed by atoms with Gasteiger partial charge in [0.25, 0.3) is 5.91 Å². The number of piperidine rings is 1. The van der Waals surface area contributed by atoms with E-state index in [0.29, 0.717) is 59.0 Å². The van der Waals surface area contributed by atoms with Gasteiger partial charge in [0, 0.05) is 18.7 Å². The topological polar surface area (TPSA) is 129 Å². The van der Waals surface area contributed by atoms with Crippen molar-refractivity contribution in [2.75, 3.05) is 24.6 Å². The summed E-state index contributed by atoms with van der Waals surface area (Å²) in [6.45, 7) is 4.76. The quantitative estimate of drug-likeness (QED) is 0.401. The maximum atomic E-state index is 14.2. The Morgan fingerprint density at radius 2 is 2.16 bits per heavy atom. The molecule has 1 fully saturated rings. The molecular formula is C27H26FN7O3. The molecular weight excluding hydrogens is 489 g/mol. The normalized spacial score (nSPS) is 17.3. The first kappa shape index (κ1) is 25.1. The van der Waals surface area contributed by atoms with Gasteiger partial charge in [-0.15, -0.1) is 0 Å². The number of aliphatic hydroxyl groups is 1. The van der Waals surface area contributed by atoms with E-state index < -0.39 is 23.9 Å². The second-order valence-electron chi connectivity index (χ2n) is 9.06. The summed E-state index contributed by atoms with van der Waals surface area (Å²) < 4.78 is 21.4. The summed E-state index contributed by atoms with van der Waals surface area (Å²) in [4.78, 5) is 23.7. The van der Waals surface area contributed by atoms with Crippen molar-refractivity contribution < 1.29 is 19.0 Å². The van der Waals surface area contributed by atoms with Crippen molar-refractivity contribution in [3.05, 3.63) is 71.6 Å². The molecule has 0 unspecified atom stereocenters. The average molecular weight is 516 g/mol. The number of carbonyl (C=O) groups is 1. The van der Waals surface area contributed by atoms with Gasteiger partial charge in [0.15, 0.2) is 0 Å². The number of carbonyl (C=O) groups excluding carboxylic acids is 1. The van der Waals surface area contributed by atoms with Crippen molar-refractivity contribution in [1.29, 1.82) is 5.26 Å². The van der Waals surface area contributed by atoms with Gasteiger partial charge in [-0.1, -0.05) is 12.1 Å². The molecule has 0 bridgehead atoms. The van der Waals surface area contributed by atoms with Crippen LogP contribution >= 0.6 is 0 Å². The van der Waals surface area contributed by atoms with Gasteiger partial charge in [0.05, 0.1) is 65.9 Å². The van der Waals surface area contributed by atoms with Crippen LogP contribution in [0.1, 0.15) is 34.8 Å². The third-order valence-corrected chi connectivity index (χ3v) is 6.60. The van der Waals surface area contributed by atoms with Crippen molar-refractivity contribution in [2.24, 2.45) is 0 Å². The number of nitrogens with zero attached hydrogens (tertiary/aromatic N) is 6. The van der Waals surface area contributed by atoms with E-state index in [9.17, 15) is 19.6 Å². The molecule has 0 spiro atoms. The number of aryl methyl sites for hydroxylation is 1. The minimum Gasteiger partial charge on any atom is -0.492 e. The number of nitrogens with one attached hydrogen (secondary N) is 1. The van der Waals surface area contributed by atoms with Gasteiger partial charge >= 0.3 is 0 Å². The number of fused-ring (bicyclic) bond motifs is 1. The number of benzene rings is 1. The number of rotatable bonds is 6. The van der Waals surface area contributed by atoms with Gasteiger partial charge in [-0.05, 0) is 38.0 Å². The number of nitriles is 1. The number of aliphatic hydroxyl groups excluding tert-OH is 1. The van der Waals surface area contributed by atoms with Gasteiger partial charge < -0.3 is 20.1 Å². The summed E-state index contributed by atoms with van der Waals surface area (Å²) in [5, 5.41) is 27.3. The van der Waals surface area contributed by atoms with Gasteiger partial charge in [0.1, 0.15) is 23.5 Å². The SMILES string of the molecule is CCOc1cc(-c2cnc(N3CC[C@H](NC(=O)c4c(C)cccc4F)[C@@H](O)C3)cn2)c2c(C#N)cnn2c1. The monoisotopic (exact) mass is 515 g/mol. The Morgan fingerprint density at radius 1 is 1.32 bits per heavy atom. The lowest BCUT2D eigenvalue weighted by Gasteiger charge is -2.36. The van der Waals surface area contributed by atoms with E-state index in [2.05, 4.69) is 26.5 Å². The van der Waals surface area contributed by atoms with E-state index in [-0.39, 0.29) is 12.1 Å². The minimum atomic E-state index is -0.881.